The third kappa shape index (κ3) is 8.65. The molecule has 3 atom stereocenters. The van der Waals surface area contributed by atoms with Gasteiger partial charge in [0.15, 0.2) is 0 Å². The number of nitrogens with zero attached hydrogens (tertiary/aromatic N) is 4. The number of rotatable bonds is 10. The van der Waals surface area contributed by atoms with E-state index in [0.717, 1.165) is 0 Å². The van der Waals surface area contributed by atoms with Crippen LogP contribution in [0.2, 0.25) is 0 Å². The first-order valence-corrected chi connectivity index (χ1v) is 14.4. The lowest BCUT2D eigenvalue weighted by Gasteiger charge is -2.36. The minimum absolute atomic E-state index is 0.0641. The maximum absolute atomic E-state index is 13.5. The van der Waals surface area contributed by atoms with E-state index in [0.29, 0.717) is 36.9 Å². The van der Waals surface area contributed by atoms with Gasteiger partial charge >= 0.3 is 12.1 Å². The molecule has 2 aromatic carbocycles. The van der Waals surface area contributed by atoms with Crippen molar-refractivity contribution in [1.82, 2.24) is 15.1 Å². The van der Waals surface area contributed by atoms with Crippen LogP contribution in [-0.2, 0) is 32.3 Å². The number of benzene rings is 2. The van der Waals surface area contributed by atoms with Gasteiger partial charge in [0.25, 0.3) is 11.4 Å². The first-order valence-electron chi connectivity index (χ1n) is 13.9. The van der Waals surface area contributed by atoms with Gasteiger partial charge in [-0.05, 0) is 54.7 Å². The van der Waals surface area contributed by atoms with Gasteiger partial charge in [0, 0.05) is 55.2 Å². The van der Waals surface area contributed by atoms with E-state index in [-0.39, 0.29) is 67.1 Å². The van der Waals surface area contributed by atoms with Crippen molar-refractivity contribution in [3.8, 4) is 0 Å². The molecule has 0 bridgehead atoms. The number of thiol groups is 1. The summed E-state index contributed by atoms with van der Waals surface area (Å²) in [5.41, 5.74) is 0.990. The highest BCUT2D eigenvalue weighted by molar-refractivity contribution is 7.81. The first kappa shape index (κ1) is 32.2. The number of hydrogen-bond acceptors (Lipinski definition) is 11. The summed E-state index contributed by atoms with van der Waals surface area (Å²) in [5.74, 6) is -0.960. The largest absolute Gasteiger partial charge is 0.460 e. The zero-order chi connectivity index (χ0) is 31.8. The summed E-state index contributed by atoms with van der Waals surface area (Å²) in [7, 11) is 0. The van der Waals surface area contributed by atoms with Crippen molar-refractivity contribution < 1.29 is 33.7 Å². The minimum Gasteiger partial charge on any atom is -0.460 e. The molecule has 0 radical (unpaired) electrons. The number of ether oxygens (including phenoxy) is 2. The molecule has 2 N–H and O–H groups in total. The molecule has 0 spiro atoms. The van der Waals surface area contributed by atoms with Gasteiger partial charge in [0.05, 0.1) is 9.85 Å². The van der Waals surface area contributed by atoms with E-state index in [9.17, 15) is 34.6 Å². The fourth-order valence-electron chi connectivity index (χ4n) is 5.07. The van der Waals surface area contributed by atoms with Crippen LogP contribution in [0.5, 0.6) is 0 Å². The summed E-state index contributed by atoms with van der Waals surface area (Å²) < 4.78 is 10.6. The minimum atomic E-state index is -0.769. The average molecular weight is 629 g/mol. The van der Waals surface area contributed by atoms with Crippen LogP contribution in [0.4, 0.5) is 16.2 Å². The van der Waals surface area contributed by atoms with Crippen molar-refractivity contribution in [3.05, 3.63) is 79.9 Å². The van der Waals surface area contributed by atoms with Crippen LogP contribution in [0.3, 0.4) is 0 Å². The van der Waals surface area contributed by atoms with Gasteiger partial charge in [-0.1, -0.05) is 0 Å². The number of amides is 2. The number of carbonyl (C=O) groups is 3. The molecule has 0 saturated carbocycles. The molecule has 2 aromatic rings. The van der Waals surface area contributed by atoms with Crippen LogP contribution < -0.4 is 5.32 Å². The van der Waals surface area contributed by atoms with Gasteiger partial charge in [-0.3, -0.25) is 40.1 Å². The van der Waals surface area contributed by atoms with E-state index in [2.05, 4.69) is 17.9 Å². The van der Waals surface area contributed by atoms with Crippen LogP contribution in [-0.4, -0.2) is 80.4 Å². The molecular formula is C28H32N6O9S. The summed E-state index contributed by atoms with van der Waals surface area (Å²) in [6.07, 6.45) is 0.683. The van der Waals surface area contributed by atoms with Crippen LogP contribution >= 0.6 is 12.6 Å². The standard InChI is InChI=1S/C28H32N6O9S/c29-25(13-26(35)42-16-18-3-7-21(8-4-18)33(38)39)30-20-2-1-11-31(14-20)27(36)24-12-23(44)15-32(24)28(37)43-17-19-5-9-22(10-6-19)34(40)41/h3-10,20,23-24,44H,1-2,11-17H2,(H2,29,30)/t20?,23-,24-/m0/s1. The molecule has 2 heterocycles. The number of nitrogens with one attached hydrogen (secondary N) is 2. The summed E-state index contributed by atoms with van der Waals surface area (Å²) in [4.78, 5) is 62.2. The molecule has 2 aliphatic heterocycles. The molecule has 0 aromatic heterocycles. The number of piperidine rings is 1. The summed E-state index contributed by atoms with van der Waals surface area (Å²) in [6.45, 7) is 0.774. The van der Waals surface area contributed by atoms with Gasteiger partial charge in [-0.15, -0.1) is 0 Å². The average Bonchev–Trinajstić information content (AvgIpc) is 3.40. The van der Waals surface area contributed by atoms with Crippen LogP contribution in [0.15, 0.2) is 48.5 Å². The topological polar surface area (TPSA) is 198 Å². The number of hydrogen-bond donors (Lipinski definition) is 3. The smallest absolute Gasteiger partial charge is 0.410 e. The number of esters is 1. The van der Waals surface area contributed by atoms with Crippen molar-refractivity contribution in [3.63, 3.8) is 0 Å². The number of nitro benzene ring substituents is 2. The van der Waals surface area contributed by atoms with E-state index >= 15 is 0 Å². The number of carbonyl (C=O) groups excluding carboxylic acids is 3. The summed E-state index contributed by atoms with van der Waals surface area (Å²) in [6, 6.07) is 10.2. The molecule has 2 aliphatic rings. The fourth-order valence-corrected chi connectivity index (χ4v) is 5.44. The normalized spacial score (nSPS) is 19.6. The molecular weight excluding hydrogens is 596 g/mol. The van der Waals surface area contributed by atoms with E-state index < -0.39 is 28.0 Å². The highest BCUT2D eigenvalue weighted by atomic mass is 32.1. The lowest BCUT2D eigenvalue weighted by molar-refractivity contribution is -0.385. The number of likely N-dealkylation sites (tertiary alicyclic amines) is 2. The molecule has 1 unspecified atom stereocenters. The summed E-state index contributed by atoms with van der Waals surface area (Å²) in [5, 5.41) is 32.6. The molecule has 0 aliphatic carbocycles. The second kappa shape index (κ2) is 14.6. The Morgan fingerprint density at radius 2 is 1.50 bits per heavy atom. The Morgan fingerprint density at radius 3 is 2.07 bits per heavy atom. The zero-order valence-electron chi connectivity index (χ0n) is 23.6. The first-order chi connectivity index (χ1) is 21.0. The molecule has 16 heteroatoms. The zero-order valence-corrected chi connectivity index (χ0v) is 24.5. The molecule has 44 heavy (non-hydrogen) atoms. The van der Waals surface area contributed by atoms with E-state index in [4.69, 9.17) is 14.9 Å². The maximum Gasteiger partial charge on any atom is 0.410 e. The second-order valence-electron chi connectivity index (χ2n) is 10.5. The number of nitro groups is 2. The summed E-state index contributed by atoms with van der Waals surface area (Å²) >= 11 is 4.48. The molecule has 2 fully saturated rings. The van der Waals surface area contributed by atoms with E-state index in [1.165, 1.54) is 53.4 Å². The third-order valence-electron chi connectivity index (χ3n) is 7.29. The molecule has 4 rings (SSSR count). The van der Waals surface area contributed by atoms with Crippen molar-refractivity contribution in [2.45, 2.75) is 56.2 Å². The quantitative estimate of drug-likeness (QED) is 0.0877. The molecule has 2 saturated heterocycles. The Hall–Kier alpha value is -4.73. The van der Waals surface area contributed by atoms with Crippen molar-refractivity contribution in [2.75, 3.05) is 19.6 Å². The predicted octanol–water partition coefficient (Wildman–Crippen LogP) is 3.20. The molecule has 234 valence electrons. The SMILES string of the molecule is N=C(CC(=O)OCc1ccc([N+](=O)[O-])cc1)NC1CCCN(C(=O)[C@@H]2C[C@H](S)CN2C(=O)OCc2ccc([N+](=O)[O-])cc2)C1. The monoisotopic (exact) mass is 628 g/mol. The highest BCUT2D eigenvalue weighted by Gasteiger charge is 2.42. The van der Waals surface area contributed by atoms with Crippen molar-refractivity contribution in [1.29, 1.82) is 5.41 Å². The van der Waals surface area contributed by atoms with Crippen molar-refractivity contribution in [2.24, 2.45) is 0 Å². The highest BCUT2D eigenvalue weighted by Crippen LogP contribution is 2.26. The predicted molar refractivity (Wildman–Crippen MR) is 159 cm³/mol. The van der Waals surface area contributed by atoms with Crippen LogP contribution in [0.25, 0.3) is 0 Å². The van der Waals surface area contributed by atoms with Gasteiger partial charge in [-0.2, -0.15) is 12.6 Å². The van der Waals surface area contributed by atoms with E-state index in [1.807, 2.05) is 0 Å². The van der Waals surface area contributed by atoms with Crippen LogP contribution in [0.1, 0.15) is 36.8 Å². The Labute approximate surface area is 257 Å². The second-order valence-corrected chi connectivity index (χ2v) is 11.3. The lowest BCUT2D eigenvalue weighted by Crippen LogP contribution is -2.54. The van der Waals surface area contributed by atoms with Gasteiger partial charge < -0.3 is 19.7 Å². The van der Waals surface area contributed by atoms with Gasteiger partial charge in [0.1, 0.15) is 31.5 Å². The molecule has 2 amide bonds. The lowest BCUT2D eigenvalue weighted by atomic mass is 10.0. The van der Waals surface area contributed by atoms with Crippen molar-refractivity contribution >= 4 is 47.8 Å². The molecule has 15 nitrogen and oxygen atoms in total. The van der Waals surface area contributed by atoms with Crippen LogP contribution in [0, 0.1) is 25.6 Å². The number of amidine groups is 1. The Morgan fingerprint density at radius 1 is 0.932 bits per heavy atom. The maximum atomic E-state index is 13.5. The Kier molecular flexibility index (Phi) is 10.7. The third-order valence-corrected chi connectivity index (χ3v) is 7.66. The van der Waals surface area contributed by atoms with E-state index in [1.54, 1.807) is 4.90 Å². The Balaban J connectivity index is 1.24. The van der Waals surface area contributed by atoms with Gasteiger partial charge in [0.2, 0.25) is 5.91 Å². The van der Waals surface area contributed by atoms with Gasteiger partial charge in [-0.25, -0.2) is 4.79 Å². The Bertz CT molecular complexity index is 1410. The fraction of sp³-hybridized carbons (Fsp3) is 0.429. The number of non-ortho nitro benzene ring substituents is 2.